The quantitative estimate of drug-likeness (QED) is 0.179. The van der Waals surface area contributed by atoms with E-state index >= 15 is 0 Å². The Morgan fingerprint density at radius 3 is 2.71 bits per heavy atom. The number of amides is 1. The summed E-state index contributed by atoms with van der Waals surface area (Å²) in [6.45, 7) is 4.31. The number of hydrogen-bond donors (Lipinski definition) is 3. The first-order valence-electron chi connectivity index (χ1n) is 8.78. The fraction of sp³-hybridized carbons (Fsp3) is 0.471. The zero-order valence-corrected chi connectivity index (χ0v) is 17.9. The van der Waals surface area contributed by atoms with Crippen LogP contribution in [0.2, 0.25) is 0 Å². The lowest BCUT2D eigenvalue weighted by atomic mass is 10.0. The standard InChI is InChI=1S/C17H24FN7O2.HI/c1-11(26)21-10-13-9-15(23-27-13)12-2-3-16(14(18)8-12)24-4-6-25(7-5-24)17(19)22-20;/h2-3,8,13H,4-7,9-10,20H2,1H3,(H2,19,22)(H,21,26);1H. The van der Waals surface area contributed by atoms with Crippen LogP contribution in [0.15, 0.2) is 28.5 Å². The van der Waals surface area contributed by atoms with Crippen LogP contribution in [0.25, 0.3) is 0 Å². The molecule has 0 aliphatic carbocycles. The fourth-order valence-electron chi connectivity index (χ4n) is 3.17. The molecule has 0 aromatic heterocycles. The van der Waals surface area contributed by atoms with E-state index in [0.717, 1.165) is 0 Å². The number of carbonyl (C=O) groups is 1. The van der Waals surface area contributed by atoms with Gasteiger partial charge >= 0.3 is 0 Å². The van der Waals surface area contributed by atoms with Crippen LogP contribution in [0.4, 0.5) is 10.1 Å². The van der Waals surface area contributed by atoms with Gasteiger partial charge in [0.05, 0.1) is 17.9 Å². The molecule has 5 N–H and O–H groups in total. The Hall–Kier alpha value is -2.31. The van der Waals surface area contributed by atoms with Gasteiger partial charge in [-0.25, -0.2) is 4.39 Å². The molecule has 9 nitrogen and oxygen atoms in total. The minimum absolute atomic E-state index is 0. The Morgan fingerprint density at radius 2 is 2.11 bits per heavy atom. The number of nitrogens with zero attached hydrogens (tertiary/aromatic N) is 4. The van der Waals surface area contributed by atoms with Gasteiger partial charge in [0.15, 0.2) is 0 Å². The van der Waals surface area contributed by atoms with Gasteiger partial charge in [-0.15, -0.1) is 29.1 Å². The lowest BCUT2D eigenvalue weighted by molar-refractivity contribution is -0.119. The van der Waals surface area contributed by atoms with Crippen LogP contribution in [-0.2, 0) is 9.63 Å². The number of rotatable bonds is 4. The molecular formula is C17H25FIN7O2. The first-order chi connectivity index (χ1) is 13.0. The van der Waals surface area contributed by atoms with Gasteiger partial charge in [-0.1, -0.05) is 11.2 Å². The molecule has 3 rings (SSSR count). The van der Waals surface area contributed by atoms with Crippen molar-refractivity contribution in [3.63, 3.8) is 0 Å². The number of nitrogens with two attached hydrogens (primary N) is 2. The van der Waals surface area contributed by atoms with E-state index in [2.05, 4.69) is 15.6 Å². The van der Waals surface area contributed by atoms with E-state index in [1.165, 1.54) is 13.0 Å². The van der Waals surface area contributed by atoms with Gasteiger partial charge in [0.25, 0.3) is 0 Å². The van der Waals surface area contributed by atoms with Crippen molar-refractivity contribution in [2.75, 3.05) is 37.6 Å². The molecular weight excluding hydrogens is 480 g/mol. The first kappa shape index (κ1) is 22.0. The Balaban J connectivity index is 0.00000280. The van der Waals surface area contributed by atoms with Gasteiger partial charge in [-0.3, -0.25) is 4.79 Å². The second-order valence-electron chi connectivity index (χ2n) is 6.53. The zero-order chi connectivity index (χ0) is 19.4. The average molecular weight is 505 g/mol. The van der Waals surface area contributed by atoms with E-state index in [9.17, 15) is 9.18 Å². The topological polar surface area (TPSA) is 122 Å². The van der Waals surface area contributed by atoms with Crippen LogP contribution in [0.3, 0.4) is 0 Å². The van der Waals surface area contributed by atoms with Gasteiger partial charge in [-0.2, -0.15) is 0 Å². The maximum absolute atomic E-state index is 14.7. The van der Waals surface area contributed by atoms with Crippen molar-refractivity contribution >= 4 is 47.2 Å². The van der Waals surface area contributed by atoms with Gasteiger partial charge < -0.3 is 31.5 Å². The molecule has 1 atom stereocenters. The molecule has 2 aliphatic heterocycles. The molecule has 1 unspecified atom stereocenters. The highest BCUT2D eigenvalue weighted by atomic mass is 127. The lowest BCUT2D eigenvalue weighted by Crippen LogP contribution is -2.51. The predicted molar refractivity (Wildman–Crippen MR) is 116 cm³/mol. The SMILES string of the molecule is CC(=O)NCC1CC(c2ccc(N3CCN(/C(N)=N/N)CC3)c(F)c2)=NO1.I. The molecule has 1 saturated heterocycles. The van der Waals surface area contributed by atoms with Crippen LogP contribution in [0.1, 0.15) is 18.9 Å². The molecule has 154 valence electrons. The second-order valence-corrected chi connectivity index (χ2v) is 6.53. The minimum Gasteiger partial charge on any atom is -0.390 e. The number of guanidine groups is 1. The molecule has 2 aliphatic rings. The van der Waals surface area contributed by atoms with Crippen molar-refractivity contribution in [2.45, 2.75) is 19.4 Å². The zero-order valence-electron chi connectivity index (χ0n) is 15.6. The van der Waals surface area contributed by atoms with Crippen molar-refractivity contribution in [2.24, 2.45) is 21.8 Å². The summed E-state index contributed by atoms with van der Waals surface area (Å²) in [7, 11) is 0. The van der Waals surface area contributed by atoms with Gasteiger partial charge in [-0.05, 0) is 12.1 Å². The number of hydrogen-bond acceptors (Lipinski definition) is 6. The van der Waals surface area contributed by atoms with Crippen molar-refractivity contribution < 1.29 is 14.0 Å². The maximum Gasteiger partial charge on any atom is 0.217 e. The third-order valence-corrected chi connectivity index (χ3v) is 4.67. The smallest absolute Gasteiger partial charge is 0.217 e. The summed E-state index contributed by atoms with van der Waals surface area (Å²) in [6, 6.07) is 5.06. The molecule has 0 spiro atoms. The van der Waals surface area contributed by atoms with Crippen LogP contribution >= 0.6 is 24.0 Å². The van der Waals surface area contributed by atoms with Crippen molar-refractivity contribution in [3.8, 4) is 0 Å². The van der Waals surface area contributed by atoms with Crippen molar-refractivity contribution in [1.82, 2.24) is 10.2 Å². The first-order valence-corrected chi connectivity index (χ1v) is 8.78. The van der Waals surface area contributed by atoms with E-state index in [1.807, 2.05) is 15.9 Å². The lowest BCUT2D eigenvalue weighted by Gasteiger charge is -2.36. The number of nitrogens with one attached hydrogen (secondary N) is 1. The van der Waals surface area contributed by atoms with Crippen LogP contribution in [0, 0.1) is 5.82 Å². The summed E-state index contributed by atoms with van der Waals surface area (Å²) < 4.78 is 14.7. The van der Waals surface area contributed by atoms with E-state index in [0.29, 0.717) is 62.1 Å². The van der Waals surface area contributed by atoms with E-state index in [4.69, 9.17) is 16.4 Å². The molecule has 2 heterocycles. The van der Waals surface area contributed by atoms with Crippen molar-refractivity contribution in [1.29, 1.82) is 0 Å². The van der Waals surface area contributed by atoms with Gasteiger partial charge in [0.2, 0.25) is 11.9 Å². The molecule has 0 radical (unpaired) electrons. The summed E-state index contributed by atoms with van der Waals surface area (Å²) >= 11 is 0. The monoisotopic (exact) mass is 505 g/mol. The number of piperazine rings is 1. The second kappa shape index (κ2) is 9.75. The number of hydrazone groups is 1. The molecule has 1 aromatic carbocycles. The summed E-state index contributed by atoms with van der Waals surface area (Å²) in [6.07, 6.45) is 0.296. The van der Waals surface area contributed by atoms with Crippen LogP contribution in [0.5, 0.6) is 0 Å². The van der Waals surface area contributed by atoms with Crippen LogP contribution < -0.4 is 21.8 Å². The summed E-state index contributed by atoms with van der Waals surface area (Å²) in [4.78, 5) is 20.1. The fourth-order valence-corrected chi connectivity index (χ4v) is 3.17. The molecule has 1 aromatic rings. The number of benzene rings is 1. The third kappa shape index (κ3) is 5.14. The maximum atomic E-state index is 14.7. The largest absolute Gasteiger partial charge is 0.390 e. The summed E-state index contributed by atoms with van der Waals surface area (Å²) in [5, 5.41) is 10.2. The normalized spacial score (nSPS) is 19.6. The molecule has 11 heteroatoms. The van der Waals surface area contributed by atoms with E-state index in [-0.39, 0.29) is 41.8 Å². The number of halogens is 2. The predicted octanol–water partition coefficient (Wildman–Crippen LogP) is 0.383. The molecule has 0 bridgehead atoms. The van der Waals surface area contributed by atoms with Gasteiger partial charge in [0.1, 0.15) is 11.9 Å². The molecule has 0 saturated carbocycles. The summed E-state index contributed by atoms with van der Waals surface area (Å²) in [5.41, 5.74) is 7.60. The van der Waals surface area contributed by atoms with Gasteiger partial charge in [0, 0.05) is 45.1 Å². The minimum atomic E-state index is -0.311. The number of anilines is 1. The van der Waals surface area contributed by atoms with E-state index in [1.54, 1.807) is 6.07 Å². The number of oxime groups is 1. The molecule has 28 heavy (non-hydrogen) atoms. The molecule has 1 amide bonds. The highest BCUT2D eigenvalue weighted by molar-refractivity contribution is 14.0. The molecule has 1 fully saturated rings. The Labute approximate surface area is 179 Å². The summed E-state index contributed by atoms with van der Waals surface area (Å²) in [5.74, 6) is 5.05. The highest BCUT2D eigenvalue weighted by Gasteiger charge is 2.25. The average Bonchev–Trinajstić information content (AvgIpc) is 3.15. The number of carbonyl (C=O) groups excluding carboxylic acids is 1. The Bertz CT molecular complexity index is 766. The van der Waals surface area contributed by atoms with Crippen molar-refractivity contribution in [3.05, 3.63) is 29.6 Å². The van der Waals surface area contributed by atoms with E-state index < -0.39 is 0 Å². The Kier molecular flexibility index (Phi) is 7.66. The highest BCUT2D eigenvalue weighted by Crippen LogP contribution is 2.24. The van der Waals surface area contributed by atoms with Crippen LogP contribution in [-0.4, -0.2) is 61.3 Å². The third-order valence-electron chi connectivity index (χ3n) is 4.67. The Morgan fingerprint density at radius 1 is 1.39 bits per heavy atom.